The van der Waals surface area contributed by atoms with Crippen molar-refractivity contribution in [2.75, 3.05) is 37.8 Å². The van der Waals surface area contributed by atoms with Gasteiger partial charge >= 0.3 is 0 Å². The first-order valence-corrected chi connectivity index (χ1v) is 8.47. The highest BCUT2D eigenvalue weighted by atomic mass is 32.2. The molecule has 1 aliphatic heterocycles. The normalized spacial score (nSPS) is 27.9. The van der Waals surface area contributed by atoms with E-state index in [1.54, 1.807) is 4.90 Å². The van der Waals surface area contributed by atoms with Crippen LogP contribution in [0.2, 0.25) is 0 Å². The highest BCUT2D eigenvalue weighted by molar-refractivity contribution is 8.00. The zero-order valence-corrected chi connectivity index (χ0v) is 13.4. The summed E-state index contributed by atoms with van der Waals surface area (Å²) in [6.07, 6.45) is 0.259. The van der Waals surface area contributed by atoms with Crippen molar-refractivity contribution in [1.82, 2.24) is 10.2 Å². The number of aliphatic hydroxyl groups excluding tert-OH is 1. The van der Waals surface area contributed by atoms with E-state index in [1.165, 1.54) is 11.8 Å². The lowest BCUT2D eigenvalue weighted by Crippen LogP contribution is -2.61. The van der Waals surface area contributed by atoms with Crippen LogP contribution in [0.1, 0.15) is 20.3 Å². The second-order valence-corrected chi connectivity index (χ2v) is 7.16. The van der Waals surface area contributed by atoms with E-state index in [9.17, 15) is 14.7 Å². The molecular formula is C14H24N2O4S. The van der Waals surface area contributed by atoms with Crippen LogP contribution in [0.25, 0.3) is 0 Å². The topological polar surface area (TPSA) is 78.9 Å². The standard InChI is InChI=1S/C14H24N2O4S/c1-14(2)10(7-11(14)17)15-12(18)8-21-9-13(19)16-3-5-20-6-4-16/h10-11,17H,3-9H2,1-2H3,(H,15,18). The third-order valence-electron chi connectivity index (χ3n) is 4.37. The smallest absolute Gasteiger partial charge is 0.232 e. The first kappa shape index (κ1) is 16.6. The van der Waals surface area contributed by atoms with Gasteiger partial charge in [-0.2, -0.15) is 0 Å². The van der Waals surface area contributed by atoms with Crippen LogP contribution >= 0.6 is 11.8 Å². The van der Waals surface area contributed by atoms with Gasteiger partial charge in [0.05, 0.1) is 30.8 Å². The minimum Gasteiger partial charge on any atom is -0.392 e. The molecule has 2 N–H and O–H groups in total. The molecule has 2 atom stereocenters. The molecule has 0 aromatic carbocycles. The number of morpholine rings is 1. The summed E-state index contributed by atoms with van der Waals surface area (Å²) in [6, 6.07) is 0.0237. The Morgan fingerprint density at radius 2 is 2.00 bits per heavy atom. The van der Waals surface area contributed by atoms with Crippen LogP contribution in [-0.2, 0) is 14.3 Å². The summed E-state index contributed by atoms with van der Waals surface area (Å²) in [5.41, 5.74) is -0.260. The molecule has 21 heavy (non-hydrogen) atoms. The fourth-order valence-electron chi connectivity index (χ4n) is 2.52. The highest BCUT2D eigenvalue weighted by Gasteiger charge is 2.47. The minimum absolute atomic E-state index is 0.0237. The van der Waals surface area contributed by atoms with Crippen molar-refractivity contribution in [3.8, 4) is 0 Å². The molecule has 0 bridgehead atoms. The van der Waals surface area contributed by atoms with Gasteiger partial charge in [-0.15, -0.1) is 11.8 Å². The van der Waals surface area contributed by atoms with Gasteiger partial charge in [0.15, 0.2) is 0 Å². The Morgan fingerprint density at radius 1 is 1.33 bits per heavy atom. The molecule has 120 valence electrons. The number of aliphatic hydroxyl groups is 1. The molecule has 6 nitrogen and oxygen atoms in total. The van der Waals surface area contributed by atoms with E-state index in [2.05, 4.69) is 5.32 Å². The lowest BCUT2D eigenvalue weighted by molar-refractivity contribution is -0.132. The van der Waals surface area contributed by atoms with Gasteiger partial charge in [0, 0.05) is 24.5 Å². The number of carbonyl (C=O) groups is 2. The summed E-state index contributed by atoms with van der Waals surface area (Å²) in [5, 5.41) is 12.6. The average Bonchev–Trinajstić information content (AvgIpc) is 2.47. The number of rotatable bonds is 5. The number of hydrogen-bond acceptors (Lipinski definition) is 5. The molecule has 0 radical (unpaired) electrons. The van der Waals surface area contributed by atoms with Gasteiger partial charge in [-0.1, -0.05) is 13.8 Å². The lowest BCUT2D eigenvalue weighted by Gasteiger charge is -2.49. The monoisotopic (exact) mass is 316 g/mol. The molecule has 2 unspecified atom stereocenters. The molecular weight excluding hydrogens is 292 g/mol. The summed E-state index contributed by atoms with van der Waals surface area (Å²) >= 11 is 1.33. The van der Waals surface area contributed by atoms with Crippen LogP contribution in [-0.4, -0.2) is 71.8 Å². The van der Waals surface area contributed by atoms with Crippen molar-refractivity contribution < 1.29 is 19.4 Å². The number of ether oxygens (including phenoxy) is 1. The first-order valence-electron chi connectivity index (χ1n) is 7.32. The van der Waals surface area contributed by atoms with Crippen molar-refractivity contribution in [2.24, 2.45) is 5.41 Å². The third-order valence-corrected chi connectivity index (χ3v) is 5.29. The van der Waals surface area contributed by atoms with Crippen molar-refractivity contribution in [3.05, 3.63) is 0 Å². The summed E-state index contributed by atoms with van der Waals surface area (Å²) in [6.45, 7) is 6.36. The number of hydrogen-bond donors (Lipinski definition) is 2. The second-order valence-electron chi connectivity index (χ2n) is 6.18. The summed E-state index contributed by atoms with van der Waals surface area (Å²) in [5.74, 6) is 0.596. The Bertz CT molecular complexity index is 396. The van der Waals surface area contributed by atoms with Crippen LogP contribution < -0.4 is 5.32 Å². The number of carbonyl (C=O) groups excluding carboxylic acids is 2. The van der Waals surface area contributed by atoms with Crippen molar-refractivity contribution in [2.45, 2.75) is 32.4 Å². The van der Waals surface area contributed by atoms with E-state index in [0.29, 0.717) is 38.5 Å². The molecule has 1 saturated carbocycles. The molecule has 1 heterocycles. The average molecular weight is 316 g/mol. The van der Waals surface area contributed by atoms with Gasteiger partial charge in [-0.25, -0.2) is 0 Å². The van der Waals surface area contributed by atoms with Crippen LogP contribution in [0.4, 0.5) is 0 Å². The summed E-state index contributed by atoms with van der Waals surface area (Å²) in [7, 11) is 0. The Balaban J connectivity index is 1.62. The quantitative estimate of drug-likeness (QED) is 0.738. The Morgan fingerprint density at radius 3 is 2.57 bits per heavy atom. The summed E-state index contributed by atoms with van der Waals surface area (Å²) in [4.78, 5) is 25.5. The van der Waals surface area contributed by atoms with E-state index < -0.39 is 0 Å². The Hall–Kier alpha value is -0.790. The Kier molecular flexibility index (Phi) is 5.51. The van der Waals surface area contributed by atoms with Crippen molar-refractivity contribution in [1.29, 1.82) is 0 Å². The highest BCUT2D eigenvalue weighted by Crippen LogP contribution is 2.40. The van der Waals surface area contributed by atoms with Gasteiger partial charge in [0.2, 0.25) is 11.8 Å². The van der Waals surface area contributed by atoms with E-state index in [0.717, 1.165) is 0 Å². The molecule has 0 spiro atoms. The van der Waals surface area contributed by atoms with E-state index in [-0.39, 0.29) is 35.1 Å². The maximum absolute atomic E-state index is 11.9. The minimum atomic E-state index is -0.349. The van der Waals surface area contributed by atoms with Crippen LogP contribution in [0.5, 0.6) is 0 Å². The van der Waals surface area contributed by atoms with Crippen LogP contribution in [0.15, 0.2) is 0 Å². The van der Waals surface area contributed by atoms with Crippen LogP contribution in [0.3, 0.4) is 0 Å². The molecule has 1 saturated heterocycles. The fourth-order valence-corrected chi connectivity index (χ4v) is 3.25. The van der Waals surface area contributed by atoms with Gasteiger partial charge in [0.25, 0.3) is 0 Å². The van der Waals surface area contributed by atoms with Crippen LogP contribution in [0, 0.1) is 5.41 Å². The fraction of sp³-hybridized carbons (Fsp3) is 0.857. The second kappa shape index (κ2) is 6.98. The van der Waals surface area contributed by atoms with Gasteiger partial charge in [-0.3, -0.25) is 9.59 Å². The van der Waals surface area contributed by atoms with Gasteiger partial charge in [0.1, 0.15) is 0 Å². The zero-order valence-electron chi connectivity index (χ0n) is 12.6. The lowest BCUT2D eigenvalue weighted by atomic mass is 9.64. The summed E-state index contributed by atoms with van der Waals surface area (Å²) < 4.78 is 5.20. The Labute approximate surface area is 129 Å². The number of amides is 2. The third kappa shape index (κ3) is 4.11. The molecule has 2 rings (SSSR count). The molecule has 2 aliphatic rings. The first-order chi connectivity index (χ1) is 9.91. The van der Waals surface area contributed by atoms with Gasteiger partial charge in [-0.05, 0) is 6.42 Å². The van der Waals surface area contributed by atoms with E-state index in [4.69, 9.17) is 4.74 Å². The SMILES string of the molecule is CC1(C)C(O)CC1NC(=O)CSCC(=O)N1CCOCC1. The van der Waals surface area contributed by atoms with Gasteiger partial charge < -0.3 is 20.1 Å². The molecule has 1 aliphatic carbocycles. The molecule has 0 aromatic heterocycles. The largest absolute Gasteiger partial charge is 0.392 e. The predicted octanol–water partition coefficient (Wildman–Crippen LogP) is -0.146. The number of nitrogens with one attached hydrogen (secondary N) is 1. The number of nitrogens with zero attached hydrogens (tertiary/aromatic N) is 1. The zero-order chi connectivity index (χ0) is 15.5. The maximum atomic E-state index is 11.9. The molecule has 2 fully saturated rings. The number of thioether (sulfide) groups is 1. The molecule has 0 aromatic rings. The van der Waals surface area contributed by atoms with Crippen molar-refractivity contribution >= 4 is 23.6 Å². The van der Waals surface area contributed by atoms with E-state index >= 15 is 0 Å². The van der Waals surface area contributed by atoms with E-state index in [1.807, 2.05) is 13.8 Å². The predicted molar refractivity (Wildman–Crippen MR) is 81.1 cm³/mol. The maximum Gasteiger partial charge on any atom is 0.232 e. The molecule has 2 amide bonds. The van der Waals surface area contributed by atoms with Crippen molar-refractivity contribution in [3.63, 3.8) is 0 Å². The molecule has 7 heteroatoms.